The fourth-order valence-corrected chi connectivity index (χ4v) is 4.54. The minimum absolute atomic E-state index is 0.00500. The Morgan fingerprint density at radius 2 is 1.65 bits per heavy atom. The molecule has 1 atom stereocenters. The van der Waals surface area contributed by atoms with Crippen LogP contribution in [-0.4, -0.2) is 26.7 Å². The van der Waals surface area contributed by atoms with Crippen molar-refractivity contribution in [2.45, 2.75) is 12.6 Å². The van der Waals surface area contributed by atoms with Gasteiger partial charge in [-0.2, -0.15) is 0 Å². The minimum Gasteiger partial charge on any atom is -0.507 e. The fraction of sp³-hybridized carbons (Fsp3) is 0.0741. The van der Waals surface area contributed by atoms with E-state index in [1.54, 1.807) is 48.7 Å². The summed E-state index contributed by atoms with van der Waals surface area (Å²) >= 11 is 12.4. The molecule has 0 bridgehead atoms. The number of likely N-dealkylation sites (tertiary alicyclic amines) is 1. The van der Waals surface area contributed by atoms with Crippen LogP contribution in [0.3, 0.4) is 0 Å². The number of hydrogen-bond donors (Lipinski definition) is 1. The van der Waals surface area contributed by atoms with Gasteiger partial charge in [-0.3, -0.25) is 14.6 Å². The highest BCUT2D eigenvalue weighted by atomic mass is 35.5. The number of aliphatic hydroxyl groups is 1. The SMILES string of the molecule is O=C1C(=O)N(Cc2ccccn2)C(c2ccc(Cl)c(Cl)c2)/C1=C(/O)c1ccc2ccccc2c1. The first-order chi connectivity index (χ1) is 16.4. The number of fused-ring (bicyclic) bond motifs is 1. The quantitative estimate of drug-likeness (QED) is 0.212. The molecule has 1 fully saturated rings. The van der Waals surface area contributed by atoms with Gasteiger partial charge in [0.2, 0.25) is 0 Å². The highest BCUT2D eigenvalue weighted by Crippen LogP contribution is 2.41. The zero-order chi connectivity index (χ0) is 23.8. The van der Waals surface area contributed by atoms with Gasteiger partial charge in [-0.1, -0.05) is 71.7 Å². The number of pyridine rings is 1. The van der Waals surface area contributed by atoms with Crippen LogP contribution in [0.1, 0.15) is 22.9 Å². The molecule has 0 spiro atoms. The zero-order valence-electron chi connectivity index (χ0n) is 17.8. The van der Waals surface area contributed by atoms with Gasteiger partial charge in [0.15, 0.2) is 0 Å². The van der Waals surface area contributed by atoms with Crippen molar-refractivity contribution in [3.05, 3.63) is 117 Å². The number of amides is 1. The molecule has 5 rings (SSSR count). The summed E-state index contributed by atoms with van der Waals surface area (Å²) in [4.78, 5) is 32.1. The number of hydrogen-bond acceptors (Lipinski definition) is 4. The standard InChI is InChI=1S/C27H18Cl2N2O3/c28-21-11-10-18(14-22(21)29)24-23(25(32)19-9-8-16-5-1-2-6-17(16)13-19)26(33)27(34)31(24)15-20-7-3-4-12-30-20/h1-14,24,32H,15H2/b25-23-. The molecule has 1 saturated heterocycles. The van der Waals surface area contributed by atoms with Gasteiger partial charge in [0.25, 0.3) is 11.7 Å². The lowest BCUT2D eigenvalue weighted by atomic mass is 9.94. The van der Waals surface area contributed by atoms with Crippen molar-refractivity contribution >= 4 is 51.4 Å². The lowest BCUT2D eigenvalue weighted by Crippen LogP contribution is -2.29. The van der Waals surface area contributed by atoms with Gasteiger partial charge in [-0.05, 0) is 46.7 Å². The predicted octanol–water partition coefficient (Wildman–Crippen LogP) is 6.16. The van der Waals surface area contributed by atoms with Gasteiger partial charge in [0.1, 0.15) is 5.76 Å². The van der Waals surface area contributed by atoms with E-state index in [1.807, 2.05) is 36.4 Å². The van der Waals surface area contributed by atoms with Gasteiger partial charge < -0.3 is 10.0 Å². The number of halogens is 2. The summed E-state index contributed by atoms with van der Waals surface area (Å²) in [6.45, 7) is 0.0881. The molecule has 1 unspecified atom stereocenters. The van der Waals surface area contributed by atoms with Crippen LogP contribution in [0.4, 0.5) is 0 Å². The number of carbonyl (C=O) groups excluding carboxylic acids is 2. The number of ketones is 1. The zero-order valence-corrected chi connectivity index (χ0v) is 19.3. The summed E-state index contributed by atoms with van der Waals surface area (Å²) < 4.78 is 0. The third-order valence-corrected chi connectivity index (χ3v) is 6.62. The summed E-state index contributed by atoms with van der Waals surface area (Å²) in [5.74, 6) is -1.73. The van der Waals surface area contributed by atoms with Crippen molar-refractivity contribution < 1.29 is 14.7 Å². The van der Waals surface area contributed by atoms with E-state index in [4.69, 9.17) is 23.2 Å². The summed E-state index contributed by atoms with van der Waals surface area (Å²) in [6.07, 6.45) is 1.62. The van der Waals surface area contributed by atoms with Crippen LogP contribution in [0.5, 0.6) is 0 Å². The monoisotopic (exact) mass is 488 g/mol. The maximum atomic E-state index is 13.2. The van der Waals surface area contributed by atoms with Gasteiger partial charge >= 0.3 is 0 Å². The first kappa shape index (κ1) is 22.1. The molecule has 5 nitrogen and oxygen atoms in total. The second-order valence-corrected chi connectivity index (χ2v) is 8.80. The van der Waals surface area contributed by atoms with Gasteiger partial charge in [-0.15, -0.1) is 0 Å². The summed E-state index contributed by atoms with van der Waals surface area (Å²) in [5, 5.41) is 13.8. The first-order valence-electron chi connectivity index (χ1n) is 10.6. The van der Waals surface area contributed by atoms with E-state index < -0.39 is 17.7 Å². The number of aliphatic hydroxyl groups excluding tert-OH is 1. The van der Waals surface area contributed by atoms with Crippen LogP contribution < -0.4 is 0 Å². The number of carbonyl (C=O) groups is 2. The smallest absolute Gasteiger partial charge is 0.296 e. The number of rotatable bonds is 4. The van der Waals surface area contributed by atoms with Gasteiger partial charge in [0.05, 0.1) is 33.9 Å². The molecule has 7 heteroatoms. The Morgan fingerprint density at radius 1 is 0.882 bits per heavy atom. The molecular weight excluding hydrogens is 471 g/mol. The number of nitrogens with zero attached hydrogens (tertiary/aromatic N) is 2. The molecule has 1 N–H and O–H groups in total. The van der Waals surface area contributed by atoms with E-state index in [1.165, 1.54) is 4.90 Å². The van der Waals surface area contributed by atoms with Crippen LogP contribution in [0.2, 0.25) is 10.0 Å². The average molecular weight is 489 g/mol. The Balaban J connectivity index is 1.68. The molecule has 1 amide bonds. The maximum Gasteiger partial charge on any atom is 0.296 e. The molecule has 0 radical (unpaired) electrons. The minimum atomic E-state index is -0.858. The van der Waals surface area contributed by atoms with Crippen LogP contribution >= 0.6 is 23.2 Å². The van der Waals surface area contributed by atoms with E-state index in [0.29, 0.717) is 21.8 Å². The predicted molar refractivity (Wildman–Crippen MR) is 132 cm³/mol. The largest absolute Gasteiger partial charge is 0.507 e. The Kier molecular flexibility index (Phi) is 5.82. The van der Waals surface area contributed by atoms with Crippen molar-refractivity contribution in [1.82, 2.24) is 9.88 Å². The molecule has 0 aliphatic carbocycles. The first-order valence-corrected chi connectivity index (χ1v) is 11.3. The molecular formula is C27H18Cl2N2O3. The summed E-state index contributed by atoms with van der Waals surface area (Å²) in [5.41, 5.74) is 1.61. The van der Waals surface area contributed by atoms with Crippen LogP contribution in [-0.2, 0) is 16.1 Å². The van der Waals surface area contributed by atoms with Crippen LogP contribution in [0.15, 0.2) is 90.6 Å². The summed E-state index contributed by atoms with van der Waals surface area (Å²) in [6, 6.07) is 22.5. The highest BCUT2D eigenvalue weighted by molar-refractivity contribution is 6.46. The third kappa shape index (κ3) is 3.94. The molecule has 3 aromatic carbocycles. The number of aromatic nitrogens is 1. The Labute approximate surface area is 205 Å². The Bertz CT molecular complexity index is 1470. The second-order valence-electron chi connectivity index (χ2n) is 7.98. The Hall–Kier alpha value is -3.67. The second kappa shape index (κ2) is 8.93. The summed E-state index contributed by atoms with van der Waals surface area (Å²) in [7, 11) is 0. The molecule has 4 aromatic rings. The molecule has 1 aliphatic heterocycles. The van der Waals surface area contributed by atoms with Gasteiger partial charge in [0, 0.05) is 11.8 Å². The molecule has 168 valence electrons. The molecule has 2 heterocycles. The van der Waals surface area contributed by atoms with Crippen molar-refractivity contribution in [2.75, 3.05) is 0 Å². The number of benzene rings is 3. The van der Waals surface area contributed by atoms with E-state index in [2.05, 4.69) is 4.98 Å². The number of Topliss-reactive ketones (excluding diaryl/α,β-unsaturated/α-hetero) is 1. The molecule has 0 saturated carbocycles. The normalized spacial score (nSPS) is 17.5. The van der Waals surface area contributed by atoms with Crippen molar-refractivity contribution in [2.24, 2.45) is 0 Å². The average Bonchev–Trinajstić information content (AvgIpc) is 3.10. The molecule has 1 aromatic heterocycles. The van der Waals surface area contributed by atoms with Crippen LogP contribution in [0, 0.1) is 0 Å². The lowest BCUT2D eigenvalue weighted by Gasteiger charge is -2.25. The van der Waals surface area contributed by atoms with Crippen molar-refractivity contribution in [1.29, 1.82) is 0 Å². The molecule has 34 heavy (non-hydrogen) atoms. The topological polar surface area (TPSA) is 70.5 Å². The van der Waals surface area contributed by atoms with Gasteiger partial charge in [-0.25, -0.2) is 0 Å². The fourth-order valence-electron chi connectivity index (χ4n) is 4.23. The van der Waals surface area contributed by atoms with Crippen molar-refractivity contribution in [3.8, 4) is 0 Å². The third-order valence-electron chi connectivity index (χ3n) is 5.88. The van der Waals surface area contributed by atoms with E-state index in [0.717, 1.165) is 10.8 Å². The van der Waals surface area contributed by atoms with Crippen molar-refractivity contribution in [3.63, 3.8) is 0 Å². The lowest BCUT2D eigenvalue weighted by molar-refractivity contribution is -0.140. The van der Waals surface area contributed by atoms with E-state index >= 15 is 0 Å². The van der Waals surface area contributed by atoms with E-state index in [9.17, 15) is 14.7 Å². The van der Waals surface area contributed by atoms with Crippen LogP contribution in [0.25, 0.3) is 16.5 Å². The maximum absolute atomic E-state index is 13.2. The molecule has 1 aliphatic rings. The Morgan fingerprint density at radius 3 is 2.38 bits per heavy atom. The highest BCUT2D eigenvalue weighted by Gasteiger charge is 2.46. The van der Waals surface area contributed by atoms with E-state index in [-0.39, 0.29) is 22.9 Å².